The summed E-state index contributed by atoms with van der Waals surface area (Å²) in [4.78, 5) is 13.7. The highest BCUT2D eigenvalue weighted by atomic mass is 16.5. The van der Waals surface area contributed by atoms with Crippen molar-refractivity contribution < 1.29 is 19.5 Å². The van der Waals surface area contributed by atoms with E-state index >= 15 is 0 Å². The minimum absolute atomic E-state index is 0.00237. The summed E-state index contributed by atoms with van der Waals surface area (Å²) in [6.07, 6.45) is -0.0954. The van der Waals surface area contributed by atoms with Crippen LogP contribution in [0.1, 0.15) is 13.3 Å². The van der Waals surface area contributed by atoms with Gasteiger partial charge in [-0.15, -0.1) is 0 Å². The van der Waals surface area contributed by atoms with Crippen molar-refractivity contribution in [3.63, 3.8) is 0 Å². The molecule has 0 saturated carbocycles. The Kier molecular flexibility index (Phi) is 5.87. The topological polar surface area (TPSA) is 97.4 Å². The Bertz CT molecular complexity index is 309. The monoisotopic (exact) mass is 259 g/mol. The first-order chi connectivity index (χ1) is 8.58. The Hall–Kier alpha value is -1.34. The quantitative estimate of drug-likeness (QED) is 0.304. The molecule has 3 N–H and O–H groups in total. The maximum absolute atomic E-state index is 12.0. The standard InChI is InChI=1S/C11H21N3O4/c1-8(7-17-2)5-10(15)14-3-4-18-9(6-14)11(12)13-16/h8-9,16H,3-7H2,1-2H3,(H2,12,13). The molecule has 2 unspecified atom stereocenters. The first-order valence-electron chi connectivity index (χ1n) is 5.94. The number of hydrogen-bond acceptors (Lipinski definition) is 5. The van der Waals surface area contributed by atoms with E-state index in [9.17, 15) is 4.79 Å². The van der Waals surface area contributed by atoms with Crippen LogP contribution in [0.4, 0.5) is 0 Å². The third-order valence-electron chi connectivity index (χ3n) is 2.84. The molecule has 1 aliphatic rings. The minimum Gasteiger partial charge on any atom is -0.409 e. The number of amides is 1. The van der Waals surface area contributed by atoms with Gasteiger partial charge in [0.15, 0.2) is 5.84 Å². The summed E-state index contributed by atoms with van der Waals surface area (Å²) in [5.41, 5.74) is 5.48. The lowest BCUT2D eigenvalue weighted by Gasteiger charge is -2.32. The van der Waals surface area contributed by atoms with E-state index in [1.807, 2.05) is 6.92 Å². The van der Waals surface area contributed by atoms with Crippen molar-refractivity contribution in [1.29, 1.82) is 0 Å². The number of carbonyl (C=O) groups excluding carboxylic acids is 1. The van der Waals surface area contributed by atoms with Gasteiger partial charge in [0.2, 0.25) is 5.91 Å². The van der Waals surface area contributed by atoms with Gasteiger partial charge >= 0.3 is 0 Å². The number of rotatable bonds is 5. The first kappa shape index (κ1) is 14.7. The van der Waals surface area contributed by atoms with E-state index in [0.29, 0.717) is 32.7 Å². The molecule has 7 nitrogen and oxygen atoms in total. The minimum atomic E-state index is -0.523. The molecule has 1 amide bonds. The van der Waals surface area contributed by atoms with Gasteiger partial charge in [-0.1, -0.05) is 12.1 Å². The zero-order valence-electron chi connectivity index (χ0n) is 10.8. The van der Waals surface area contributed by atoms with Gasteiger partial charge in [0.1, 0.15) is 6.10 Å². The number of hydrogen-bond donors (Lipinski definition) is 2. The normalized spacial score (nSPS) is 22.9. The van der Waals surface area contributed by atoms with Gasteiger partial charge in [-0.3, -0.25) is 4.79 Å². The second-order valence-corrected chi connectivity index (χ2v) is 4.49. The fourth-order valence-corrected chi connectivity index (χ4v) is 1.89. The van der Waals surface area contributed by atoms with Gasteiger partial charge < -0.3 is 25.3 Å². The Labute approximate surface area is 107 Å². The van der Waals surface area contributed by atoms with Crippen LogP contribution in [0.2, 0.25) is 0 Å². The number of morpholine rings is 1. The van der Waals surface area contributed by atoms with Crippen LogP contribution in [-0.4, -0.2) is 61.4 Å². The Morgan fingerprint density at radius 2 is 2.44 bits per heavy atom. The lowest BCUT2D eigenvalue weighted by molar-refractivity contribution is -0.138. The lowest BCUT2D eigenvalue weighted by Crippen LogP contribution is -2.50. The average Bonchev–Trinajstić information content (AvgIpc) is 2.38. The predicted octanol–water partition coefficient (Wildman–Crippen LogP) is -0.367. The van der Waals surface area contributed by atoms with Gasteiger partial charge in [-0.2, -0.15) is 0 Å². The molecule has 0 aromatic heterocycles. The van der Waals surface area contributed by atoms with Crippen LogP contribution in [0.25, 0.3) is 0 Å². The summed E-state index contributed by atoms with van der Waals surface area (Å²) in [5, 5.41) is 11.5. The van der Waals surface area contributed by atoms with Gasteiger partial charge in [0, 0.05) is 26.7 Å². The smallest absolute Gasteiger partial charge is 0.223 e. The Morgan fingerprint density at radius 3 is 3.06 bits per heavy atom. The fourth-order valence-electron chi connectivity index (χ4n) is 1.89. The van der Waals surface area contributed by atoms with Crippen molar-refractivity contribution >= 4 is 11.7 Å². The molecule has 0 radical (unpaired) electrons. The number of nitrogens with two attached hydrogens (primary N) is 1. The van der Waals surface area contributed by atoms with E-state index in [1.165, 1.54) is 0 Å². The van der Waals surface area contributed by atoms with Crippen molar-refractivity contribution in [2.24, 2.45) is 16.8 Å². The van der Waals surface area contributed by atoms with E-state index < -0.39 is 6.10 Å². The van der Waals surface area contributed by atoms with Gasteiger partial charge in [-0.05, 0) is 5.92 Å². The SMILES string of the molecule is COCC(C)CC(=O)N1CCOC(C(N)=NO)C1. The molecule has 1 heterocycles. The van der Waals surface area contributed by atoms with Crippen molar-refractivity contribution in [2.75, 3.05) is 33.4 Å². The van der Waals surface area contributed by atoms with Crippen LogP contribution in [-0.2, 0) is 14.3 Å². The predicted molar refractivity (Wildman–Crippen MR) is 65.4 cm³/mol. The first-order valence-corrected chi connectivity index (χ1v) is 5.94. The maximum atomic E-state index is 12.0. The highest BCUT2D eigenvalue weighted by Crippen LogP contribution is 2.11. The van der Waals surface area contributed by atoms with Crippen LogP contribution in [0, 0.1) is 5.92 Å². The molecule has 7 heteroatoms. The Morgan fingerprint density at radius 1 is 1.72 bits per heavy atom. The molecule has 1 saturated heterocycles. The summed E-state index contributed by atoms with van der Waals surface area (Å²) in [6, 6.07) is 0. The number of amidine groups is 1. The molecule has 0 aromatic rings. The van der Waals surface area contributed by atoms with Crippen molar-refractivity contribution in [3.05, 3.63) is 0 Å². The highest BCUT2D eigenvalue weighted by molar-refractivity contribution is 5.85. The number of carbonyl (C=O) groups is 1. The summed E-state index contributed by atoms with van der Waals surface area (Å²) in [7, 11) is 1.62. The van der Waals surface area contributed by atoms with Gasteiger partial charge in [0.05, 0.1) is 13.2 Å². The van der Waals surface area contributed by atoms with E-state index in [1.54, 1.807) is 12.0 Å². The van der Waals surface area contributed by atoms with E-state index in [2.05, 4.69) is 5.16 Å². The van der Waals surface area contributed by atoms with E-state index in [0.717, 1.165) is 0 Å². The molecule has 104 valence electrons. The van der Waals surface area contributed by atoms with Crippen molar-refractivity contribution in [1.82, 2.24) is 4.90 Å². The van der Waals surface area contributed by atoms with Crippen molar-refractivity contribution in [3.8, 4) is 0 Å². The highest BCUT2D eigenvalue weighted by Gasteiger charge is 2.27. The van der Waals surface area contributed by atoms with Crippen LogP contribution < -0.4 is 5.73 Å². The second-order valence-electron chi connectivity index (χ2n) is 4.49. The number of nitrogens with zero attached hydrogens (tertiary/aromatic N) is 2. The van der Waals surface area contributed by atoms with Crippen LogP contribution in [0.5, 0.6) is 0 Å². The molecule has 0 spiro atoms. The van der Waals surface area contributed by atoms with Crippen molar-refractivity contribution in [2.45, 2.75) is 19.4 Å². The zero-order chi connectivity index (χ0) is 13.5. The van der Waals surface area contributed by atoms with Crippen LogP contribution in [0.3, 0.4) is 0 Å². The van der Waals surface area contributed by atoms with Gasteiger partial charge in [-0.25, -0.2) is 0 Å². The molecule has 2 atom stereocenters. The maximum Gasteiger partial charge on any atom is 0.223 e. The zero-order valence-corrected chi connectivity index (χ0v) is 10.8. The number of oxime groups is 1. The summed E-state index contributed by atoms with van der Waals surface area (Å²) < 4.78 is 10.3. The van der Waals surface area contributed by atoms with Gasteiger partial charge in [0.25, 0.3) is 0 Å². The molecule has 0 bridgehead atoms. The molecule has 1 fully saturated rings. The number of ether oxygens (including phenoxy) is 2. The molecule has 0 aromatic carbocycles. The number of methoxy groups -OCH3 is 1. The molecule has 0 aliphatic carbocycles. The largest absolute Gasteiger partial charge is 0.409 e. The van der Waals surface area contributed by atoms with Crippen LogP contribution >= 0.6 is 0 Å². The van der Waals surface area contributed by atoms with Crippen LogP contribution in [0.15, 0.2) is 5.16 Å². The summed E-state index contributed by atoms with van der Waals surface area (Å²) in [6.45, 7) is 3.77. The van der Waals surface area contributed by atoms with E-state index in [-0.39, 0.29) is 17.7 Å². The summed E-state index contributed by atoms with van der Waals surface area (Å²) >= 11 is 0. The molecule has 18 heavy (non-hydrogen) atoms. The third-order valence-corrected chi connectivity index (χ3v) is 2.84. The second kappa shape index (κ2) is 7.17. The lowest BCUT2D eigenvalue weighted by atomic mass is 10.1. The Balaban J connectivity index is 2.48. The third kappa shape index (κ3) is 4.15. The molecular formula is C11H21N3O4. The average molecular weight is 259 g/mol. The molecular weight excluding hydrogens is 238 g/mol. The molecule has 1 rings (SSSR count). The molecule has 1 aliphatic heterocycles. The fraction of sp³-hybridized carbons (Fsp3) is 0.818. The summed E-state index contributed by atoms with van der Waals surface area (Å²) in [5.74, 6) is 0.212. The van der Waals surface area contributed by atoms with E-state index in [4.69, 9.17) is 20.4 Å².